The topological polar surface area (TPSA) is 83.6 Å². The van der Waals surface area contributed by atoms with Gasteiger partial charge in [0.15, 0.2) is 0 Å². The van der Waals surface area contributed by atoms with E-state index in [1.165, 1.54) is 4.31 Å². The molecule has 0 amide bonds. The molecule has 1 aliphatic rings. The van der Waals surface area contributed by atoms with Gasteiger partial charge in [-0.05, 0) is 26.2 Å². The van der Waals surface area contributed by atoms with Crippen molar-refractivity contribution in [3.05, 3.63) is 0 Å². The lowest BCUT2D eigenvalue weighted by Crippen LogP contribution is -2.47. The largest absolute Gasteiger partial charge is 0.214 e. The highest BCUT2D eigenvalue weighted by Gasteiger charge is 2.28. The molecule has 0 bridgehead atoms. The molecule has 0 aliphatic carbocycles. The number of nitrogens with zero attached hydrogens (tertiary/aromatic N) is 1. The Morgan fingerprint density at radius 3 is 2.11 bits per heavy atom. The highest BCUT2D eigenvalue weighted by atomic mass is 32.2. The van der Waals surface area contributed by atoms with Crippen molar-refractivity contribution < 1.29 is 16.8 Å². The molecule has 1 heterocycles. The molecule has 8 heteroatoms. The van der Waals surface area contributed by atoms with Crippen LogP contribution in [0.2, 0.25) is 0 Å². The van der Waals surface area contributed by atoms with Gasteiger partial charge in [0.1, 0.15) is 0 Å². The predicted molar refractivity (Wildman–Crippen MR) is 71.3 cm³/mol. The summed E-state index contributed by atoms with van der Waals surface area (Å²) in [5, 5.41) is 0. The van der Waals surface area contributed by atoms with Crippen LogP contribution in [-0.4, -0.2) is 51.8 Å². The van der Waals surface area contributed by atoms with E-state index in [1.54, 1.807) is 6.92 Å². The first kappa shape index (κ1) is 15.9. The van der Waals surface area contributed by atoms with E-state index in [1.807, 2.05) is 6.92 Å². The lowest BCUT2D eigenvalue weighted by atomic mass is 10.1. The highest BCUT2D eigenvalue weighted by molar-refractivity contribution is 7.89. The van der Waals surface area contributed by atoms with Gasteiger partial charge >= 0.3 is 0 Å². The standard InChI is InChI=1S/C10H22N2O4S2/c1-3-9-18(15,16)12-7-5-10(6-8-12)11-17(13,14)4-2/h10-11H,3-9H2,1-2H3. The maximum absolute atomic E-state index is 11.8. The highest BCUT2D eigenvalue weighted by Crippen LogP contribution is 2.15. The maximum Gasteiger partial charge on any atom is 0.214 e. The average Bonchev–Trinajstić information content (AvgIpc) is 2.29. The first-order chi connectivity index (χ1) is 8.30. The fraction of sp³-hybridized carbons (Fsp3) is 1.00. The average molecular weight is 298 g/mol. The molecule has 0 aromatic heterocycles. The summed E-state index contributed by atoms with van der Waals surface area (Å²) in [5.41, 5.74) is 0. The normalized spacial score (nSPS) is 20.1. The molecule has 0 atom stereocenters. The van der Waals surface area contributed by atoms with Crippen LogP contribution in [0.25, 0.3) is 0 Å². The summed E-state index contributed by atoms with van der Waals surface area (Å²) in [5.74, 6) is 0.222. The van der Waals surface area contributed by atoms with Crippen LogP contribution in [-0.2, 0) is 20.0 Å². The Balaban J connectivity index is 2.52. The molecule has 1 aliphatic heterocycles. The smallest absolute Gasteiger partial charge is 0.212 e. The van der Waals surface area contributed by atoms with Gasteiger partial charge in [0.2, 0.25) is 20.0 Å². The van der Waals surface area contributed by atoms with Crippen LogP contribution in [0.3, 0.4) is 0 Å². The molecule has 0 saturated carbocycles. The minimum absolute atomic E-state index is 0.0569. The van der Waals surface area contributed by atoms with Crippen molar-refractivity contribution in [1.82, 2.24) is 9.03 Å². The van der Waals surface area contributed by atoms with Gasteiger partial charge < -0.3 is 0 Å². The van der Waals surface area contributed by atoms with E-state index >= 15 is 0 Å². The van der Waals surface area contributed by atoms with Crippen molar-refractivity contribution >= 4 is 20.0 Å². The summed E-state index contributed by atoms with van der Waals surface area (Å²) < 4.78 is 50.5. The number of sulfonamides is 2. The molecule has 1 saturated heterocycles. The van der Waals surface area contributed by atoms with Gasteiger partial charge in [-0.15, -0.1) is 0 Å². The van der Waals surface area contributed by atoms with E-state index in [9.17, 15) is 16.8 Å². The molecule has 1 rings (SSSR count). The van der Waals surface area contributed by atoms with Crippen molar-refractivity contribution in [3.63, 3.8) is 0 Å². The number of rotatable bonds is 6. The third-order valence-corrected chi connectivity index (χ3v) is 6.56. The molecule has 0 aromatic carbocycles. The summed E-state index contributed by atoms with van der Waals surface area (Å²) >= 11 is 0. The molecule has 18 heavy (non-hydrogen) atoms. The van der Waals surface area contributed by atoms with Gasteiger partial charge in [-0.1, -0.05) is 6.92 Å². The third-order valence-electron chi connectivity index (χ3n) is 3.04. The van der Waals surface area contributed by atoms with Crippen molar-refractivity contribution in [1.29, 1.82) is 0 Å². The molecule has 108 valence electrons. The Morgan fingerprint density at radius 1 is 1.11 bits per heavy atom. The van der Waals surface area contributed by atoms with Crippen LogP contribution in [0, 0.1) is 0 Å². The van der Waals surface area contributed by atoms with Crippen LogP contribution in [0.5, 0.6) is 0 Å². The zero-order valence-corrected chi connectivity index (χ0v) is 12.6. The lowest BCUT2D eigenvalue weighted by Gasteiger charge is -2.31. The van der Waals surface area contributed by atoms with E-state index in [2.05, 4.69) is 4.72 Å². The zero-order valence-electron chi connectivity index (χ0n) is 10.9. The summed E-state index contributed by atoms with van der Waals surface area (Å²) in [7, 11) is -6.35. The third kappa shape index (κ3) is 4.49. The monoisotopic (exact) mass is 298 g/mol. The molecule has 0 unspecified atom stereocenters. The lowest BCUT2D eigenvalue weighted by molar-refractivity contribution is 0.308. The second-order valence-corrected chi connectivity index (χ2v) is 8.64. The van der Waals surface area contributed by atoms with Crippen molar-refractivity contribution in [2.45, 2.75) is 39.2 Å². The second-order valence-electron chi connectivity index (χ2n) is 4.51. The molecule has 0 aromatic rings. The number of hydrogen-bond acceptors (Lipinski definition) is 4. The van der Waals surface area contributed by atoms with Gasteiger partial charge in [0, 0.05) is 19.1 Å². The van der Waals surface area contributed by atoms with Crippen LogP contribution in [0.4, 0.5) is 0 Å². The minimum atomic E-state index is -3.20. The first-order valence-electron chi connectivity index (χ1n) is 6.28. The number of hydrogen-bond donors (Lipinski definition) is 1. The van der Waals surface area contributed by atoms with Crippen LogP contribution in [0.15, 0.2) is 0 Å². The summed E-state index contributed by atoms with van der Waals surface area (Å²) in [6.45, 7) is 4.22. The maximum atomic E-state index is 11.8. The SMILES string of the molecule is CCCS(=O)(=O)N1CCC(NS(=O)(=O)CC)CC1. The Bertz CT molecular complexity index is 450. The van der Waals surface area contributed by atoms with E-state index in [0.29, 0.717) is 32.4 Å². The molecule has 0 spiro atoms. The van der Waals surface area contributed by atoms with Crippen LogP contribution in [0.1, 0.15) is 33.1 Å². The quantitative estimate of drug-likeness (QED) is 0.755. The van der Waals surface area contributed by atoms with Gasteiger partial charge in [0.05, 0.1) is 11.5 Å². The molecular formula is C10H22N2O4S2. The van der Waals surface area contributed by atoms with Gasteiger partial charge in [-0.3, -0.25) is 0 Å². The predicted octanol–water partition coefficient (Wildman–Crippen LogP) is 0.130. The van der Waals surface area contributed by atoms with Gasteiger partial charge in [-0.25, -0.2) is 25.9 Å². The molecular weight excluding hydrogens is 276 g/mol. The van der Waals surface area contributed by atoms with E-state index in [0.717, 1.165) is 0 Å². The van der Waals surface area contributed by atoms with E-state index in [4.69, 9.17) is 0 Å². The molecule has 6 nitrogen and oxygen atoms in total. The first-order valence-corrected chi connectivity index (χ1v) is 9.54. The molecule has 1 fully saturated rings. The summed E-state index contributed by atoms with van der Waals surface area (Å²) in [6.07, 6.45) is 1.69. The fourth-order valence-electron chi connectivity index (χ4n) is 1.98. The Kier molecular flexibility index (Phi) is 5.57. The Labute approximate surface area is 110 Å². The number of piperidine rings is 1. The molecule has 0 radical (unpaired) electrons. The summed E-state index contributed by atoms with van der Waals surface area (Å²) in [4.78, 5) is 0. The Hall–Kier alpha value is -0.180. The van der Waals surface area contributed by atoms with E-state index in [-0.39, 0.29) is 17.5 Å². The number of nitrogens with one attached hydrogen (secondary N) is 1. The van der Waals surface area contributed by atoms with Gasteiger partial charge in [-0.2, -0.15) is 0 Å². The fourth-order valence-corrected chi connectivity index (χ4v) is 4.43. The second kappa shape index (κ2) is 6.31. The van der Waals surface area contributed by atoms with Crippen molar-refractivity contribution in [2.75, 3.05) is 24.6 Å². The van der Waals surface area contributed by atoms with Crippen molar-refractivity contribution in [2.24, 2.45) is 0 Å². The Morgan fingerprint density at radius 2 is 1.67 bits per heavy atom. The molecule has 1 N–H and O–H groups in total. The van der Waals surface area contributed by atoms with Crippen LogP contribution >= 0.6 is 0 Å². The van der Waals surface area contributed by atoms with Crippen molar-refractivity contribution in [3.8, 4) is 0 Å². The zero-order chi connectivity index (χ0) is 13.8. The van der Waals surface area contributed by atoms with Gasteiger partial charge in [0.25, 0.3) is 0 Å². The van der Waals surface area contributed by atoms with E-state index < -0.39 is 20.0 Å². The van der Waals surface area contributed by atoms with Crippen LogP contribution < -0.4 is 4.72 Å². The minimum Gasteiger partial charge on any atom is -0.212 e. The summed E-state index contributed by atoms with van der Waals surface area (Å²) in [6, 6.07) is -0.136.